The Labute approximate surface area is 221 Å². The second kappa shape index (κ2) is 12.5. The Morgan fingerprint density at radius 1 is 1.08 bits per heavy atom. The largest absolute Gasteiger partial charge is 0.491 e. The second-order valence-corrected chi connectivity index (χ2v) is 9.58. The fourth-order valence-electron chi connectivity index (χ4n) is 4.78. The quantitative estimate of drug-likeness (QED) is 0.635. The summed E-state index contributed by atoms with van der Waals surface area (Å²) in [6, 6.07) is 11.2. The summed E-state index contributed by atoms with van der Waals surface area (Å²) in [7, 11) is 1.68. The van der Waals surface area contributed by atoms with Crippen LogP contribution in [0.3, 0.4) is 0 Å². The number of carbonyl (C=O) groups is 4. The predicted octanol–water partition coefficient (Wildman–Crippen LogP) is 1.90. The van der Waals surface area contributed by atoms with Crippen LogP contribution in [0.4, 0.5) is 4.39 Å². The zero-order valence-electron chi connectivity index (χ0n) is 21.5. The number of nitrogens with one attached hydrogen (secondary N) is 2. The second-order valence-electron chi connectivity index (χ2n) is 9.58. The van der Waals surface area contributed by atoms with Crippen molar-refractivity contribution in [1.82, 2.24) is 20.4 Å². The average molecular weight is 525 g/mol. The van der Waals surface area contributed by atoms with Crippen LogP contribution in [0.25, 0.3) is 0 Å². The van der Waals surface area contributed by atoms with Gasteiger partial charge in [0.1, 0.15) is 30.3 Å². The maximum Gasteiger partial charge on any atom is 0.255 e. The number of amides is 4. The van der Waals surface area contributed by atoms with E-state index in [0.29, 0.717) is 31.7 Å². The van der Waals surface area contributed by atoms with Gasteiger partial charge in [-0.15, -0.1) is 0 Å². The summed E-state index contributed by atoms with van der Waals surface area (Å²) < 4.78 is 19.0. The molecular formula is C28H33FN4O5. The number of para-hydroxylation sites is 1. The number of ether oxygens (including phenoxy) is 1. The molecule has 202 valence electrons. The molecule has 9 nitrogen and oxygen atoms in total. The third-order valence-corrected chi connectivity index (χ3v) is 6.95. The van der Waals surface area contributed by atoms with Crippen LogP contribution in [0.5, 0.6) is 5.75 Å². The Hall–Kier alpha value is -3.95. The lowest BCUT2D eigenvalue weighted by Crippen LogP contribution is -2.49. The number of carbonyl (C=O) groups excluding carboxylic acids is 4. The molecule has 38 heavy (non-hydrogen) atoms. The summed E-state index contributed by atoms with van der Waals surface area (Å²) in [6.07, 6.45) is 1.87. The van der Waals surface area contributed by atoms with Gasteiger partial charge in [-0.05, 0) is 55.5 Å². The lowest BCUT2D eigenvalue weighted by atomic mass is 10.1. The van der Waals surface area contributed by atoms with E-state index in [-0.39, 0.29) is 49.2 Å². The van der Waals surface area contributed by atoms with Gasteiger partial charge in [-0.1, -0.05) is 24.3 Å². The highest BCUT2D eigenvalue weighted by Gasteiger charge is 2.36. The van der Waals surface area contributed by atoms with Gasteiger partial charge in [0.15, 0.2) is 0 Å². The molecule has 2 aromatic rings. The molecular weight excluding hydrogens is 491 g/mol. The zero-order valence-corrected chi connectivity index (χ0v) is 21.5. The minimum atomic E-state index is -0.975. The van der Waals surface area contributed by atoms with E-state index in [9.17, 15) is 23.6 Å². The van der Waals surface area contributed by atoms with E-state index < -0.39 is 23.9 Å². The van der Waals surface area contributed by atoms with Crippen LogP contribution < -0.4 is 15.4 Å². The molecule has 2 aromatic carbocycles. The number of hydrogen-bond acceptors (Lipinski definition) is 5. The molecule has 0 saturated carbocycles. The molecule has 2 aliphatic rings. The van der Waals surface area contributed by atoms with Crippen LogP contribution in [0.15, 0.2) is 48.5 Å². The van der Waals surface area contributed by atoms with Gasteiger partial charge in [0.25, 0.3) is 5.91 Å². The first-order chi connectivity index (χ1) is 18.3. The topological polar surface area (TPSA) is 108 Å². The van der Waals surface area contributed by atoms with E-state index in [2.05, 4.69) is 10.6 Å². The number of benzene rings is 2. The van der Waals surface area contributed by atoms with Gasteiger partial charge in [-0.3, -0.25) is 19.2 Å². The molecule has 0 bridgehead atoms. The van der Waals surface area contributed by atoms with Crippen LogP contribution in [0, 0.1) is 5.82 Å². The summed E-state index contributed by atoms with van der Waals surface area (Å²) in [5, 5.41) is 5.58. The molecule has 0 radical (unpaired) electrons. The monoisotopic (exact) mass is 524 g/mol. The molecule has 0 aliphatic carbocycles. The van der Waals surface area contributed by atoms with Gasteiger partial charge in [-0.2, -0.15) is 0 Å². The molecule has 4 amide bonds. The van der Waals surface area contributed by atoms with Crippen molar-refractivity contribution in [1.29, 1.82) is 0 Å². The maximum atomic E-state index is 13.2. The van der Waals surface area contributed by atoms with Gasteiger partial charge in [0, 0.05) is 26.6 Å². The average Bonchev–Trinajstić information content (AvgIpc) is 3.41. The van der Waals surface area contributed by atoms with Crippen LogP contribution in [-0.4, -0.2) is 78.8 Å². The first-order valence-electron chi connectivity index (χ1n) is 12.9. The molecule has 2 atom stereocenters. The molecule has 0 unspecified atom stereocenters. The van der Waals surface area contributed by atoms with Gasteiger partial charge in [0.2, 0.25) is 17.7 Å². The SMILES string of the molecule is CN1CCOc2ccccc2C(=O)N[C@H](C(=O)NCCc2ccc(F)cc2)CCC(=O)N2CCC[C@@H]2C1=O. The number of fused-ring (bicyclic) bond motifs is 2. The summed E-state index contributed by atoms with van der Waals surface area (Å²) >= 11 is 0. The minimum Gasteiger partial charge on any atom is -0.491 e. The van der Waals surface area contributed by atoms with E-state index in [1.807, 2.05) is 0 Å². The highest BCUT2D eigenvalue weighted by atomic mass is 19.1. The molecule has 1 saturated heterocycles. The first-order valence-corrected chi connectivity index (χ1v) is 12.9. The highest BCUT2D eigenvalue weighted by Crippen LogP contribution is 2.22. The van der Waals surface area contributed by atoms with Crippen LogP contribution >= 0.6 is 0 Å². The number of rotatable bonds is 4. The molecule has 0 aromatic heterocycles. The molecule has 0 spiro atoms. The molecule has 2 heterocycles. The van der Waals surface area contributed by atoms with Gasteiger partial charge >= 0.3 is 0 Å². The lowest BCUT2D eigenvalue weighted by molar-refractivity contribution is -0.143. The molecule has 4 rings (SSSR count). The third kappa shape index (κ3) is 6.67. The van der Waals surface area contributed by atoms with Gasteiger partial charge in [-0.25, -0.2) is 4.39 Å². The Bertz CT molecular complexity index is 1170. The number of likely N-dealkylation sites (N-methyl/N-ethyl adjacent to an activating group) is 1. The van der Waals surface area contributed by atoms with Crippen molar-refractivity contribution in [2.75, 3.05) is 33.3 Å². The Balaban J connectivity index is 1.51. The fraction of sp³-hybridized carbons (Fsp3) is 0.429. The molecule has 2 N–H and O–H groups in total. The smallest absolute Gasteiger partial charge is 0.255 e. The Morgan fingerprint density at radius 3 is 2.63 bits per heavy atom. The number of halogens is 1. The van der Waals surface area contributed by atoms with Crippen molar-refractivity contribution in [2.24, 2.45) is 0 Å². The normalized spacial score (nSPS) is 20.9. The summed E-state index contributed by atoms with van der Waals surface area (Å²) in [5.74, 6) is -1.28. The molecule has 1 fully saturated rings. The summed E-state index contributed by atoms with van der Waals surface area (Å²) in [5.41, 5.74) is 1.11. The number of nitrogens with zero attached hydrogens (tertiary/aromatic N) is 2. The van der Waals surface area contributed by atoms with E-state index in [1.165, 1.54) is 12.1 Å². The molecule has 10 heteroatoms. The third-order valence-electron chi connectivity index (χ3n) is 6.95. The van der Waals surface area contributed by atoms with Crippen molar-refractivity contribution >= 4 is 23.6 Å². The van der Waals surface area contributed by atoms with Crippen molar-refractivity contribution in [3.8, 4) is 5.75 Å². The van der Waals surface area contributed by atoms with E-state index >= 15 is 0 Å². The van der Waals surface area contributed by atoms with Crippen molar-refractivity contribution < 1.29 is 28.3 Å². The maximum absolute atomic E-state index is 13.2. The van der Waals surface area contributed by atoms with Gasteiger partial charge in [0.05, 0.1) is 12.1 Å². The lowest BCUT2D eigenvalue weighted by Gasteiger charge is -2.28. The fourth-order valence-corrected chi connectivity index (χ4v) is 4.78. The van der Waals surface area contributed by atoms with Crippen LogP contribution in [-0.2, 0) is 20.8 Å². The van der Waals surface area contributed by atoms with Crippen molar-refractivity contribution in [2.45, 2.75) is 44.2 Å². The standard InChI is InChI=1S/C28H33FN4O5/c1-32-17-18-38-24-7-3-2-5-21(24)26(35)31-22(12-13-25(34)33-16-4-6-23(33)28(32)37)27(36)30-15-14-19-8-10-20(29)11-9-19/h2-3,5,7-11,22-23H,4,6,12-18H2,1H3,(H,30,36)(H,31,35)/t22-,23+/m0/s1. The minimum absolute atomic E-state index is 0.00195. The van der Waals surface area contributed by atoms with E-state index in [1.54, 1.807) is 53.2 Å². The van der Waals surface area contributed by atoms with Crippen molar-refractivity contribution in [3.05, 3.63) is 65.5 Å². The van der Waals surface area contributed by atoms with Crippen LogP contribution in [0.1, 0.15) is 41.6 Å². The van der Waals surface area contributed by atoms with Crippen molar-refractivity contribution in [3.63, 3.8) is 0 Å². The predicted molar refractivity (Wildman–Crippen MR) is 138 cm³/mol. The van der Waals surface area contributed by atoms with Gasteiger partial charge < -0.3 is 25.2 Å². The summed E-state index contributed by atoms with van der Waals surface area (Å²) in [6.45, 7) is 1.22. The first kappa shape index (κ1) is 27.1. The van der Waals surface area contributed by atoms with Crippen LogP contribution in [0.2, 0.25) is 0 Å². The Kier molecular flexibility index (Phi) is 8.93. The zero-order chi connectivity index (χ0) is 27.1. The number of hydrogen-bond donors (Lipinski definition) is 2. The van der Waals surface area contributed by atoms with E-state index in [4.69, 9.17) is 4.74 Å². The molecule has 2 aliphatic heterocycles. The Morgan fingerprint density at radius 2 is 1.84 bits per heavy atom. The van der Waals surface area contributed by atoms with E-state index in [0.717, 1.165) is 12.0 Å². The summed E-state index contributed by atoms with van der Waals surface area (Å²) in [4.78, 5) is 55.6. The highest BCUT2D eigenvalue weighted by molar-refractivity contribution is 5.99.